The molecule has 132 valence electrons. The van der Waals surface area contributed by atoms with Gasteiger partial charge in [-0.25, -0.2) is 0 Å². The van der Waals surface area contributed by atoms with E-state index in [1.807, 2.05) is 24.3 Å². The molecule has 0 spiro atoms. The average Bonchev–Trinajstić information content (AvgIpc) is 2.45. The summed E-state index contributed by atoms with van der Waals surface area (Å²) < 4.78 is 5.22. The summed E-state index contributed by atoms with van der Waals surface area (Å²) in [7, 11) is 1.66. The maximum atomic E-state index is 10.3. The number of benzene rings is 1. The fourth-order valence-corrected chi connectivity index (χ4v) is 4.10. The van der Waals surface area contributed by atoms with Crippen LogP contribution in [0.15, 0.2) is 24.3 Å². The van der Waals surface area contributed by atoms with Gasteiger partial charge in [-0.3, -0.25) is 0 Å². The van der Waals surface area contributed by atoms with E-state index in [0.717, 1.165) is 30.2 Å². The summed E-state index contributed by atoms with van der Waals surface area (Å²) in [5.41, 5.74) is 1.41. The Kier molecular flexibility index (Phi) is 7.85. The summed E-state index contributed by atoms with van der Waals surface area (Å²) in [4.78, 5) is 0. The molecule has 3 atom stereocenters. The number of rotatable bonds is 6. The number of nitrogens with two attached hydrogens (primary N) is 1. The smallest absolute Gasteiger partial charge is 0.119 e. The van der Waals surface area contributed by atoms with Crippen LogP contribution >= 0.6 is 0 Å². The van der Waals surface area contributed by atoms with Crippen molar-refractivity contribution in [3.63, 3.8) is 0 Å². The first-order valence-corrected chi connectivity index (χ1v) is 8.55. The molecule has 23 heavy (non-hydrogen) atoms. The van der Waals surface area contributed by atoms with Gasteiger partial charge in [-0.2, -0.15) is 0 Å². The molecule has 0 heterocycles. The first-order chi connectivity index (χ1) is 10.4. The number of hydrogen-bond acceptors (Lipinski definition) is 2. The predicted octanol–water partition coefficient (Wildman–Crippen LogP) is -0.0991. The van der Waals surface area contributed by atoms with Crippen molar-refractivity contribution in [2.75, 3.05) is 13.7 Å². The molecule has 1 aromatic carbocycles. The topological polar surface area (TPSA) is 46.1 Å². The molecule has 3 unspecified atom stereocenters. The third-order valence-corrected chi connectivity index (χ3v) is 4.84. The second-order valence-electron chi connectivity index (χ2n) is 7.78. The molecule has 0 aliphatic heterocycles. The van der Waals surface area contributed by atoms with E-state index in [1.54, 1.807) is 7.11 Å². The highest BCUT2D eigenvalue weighted by Gasteiger charge is 2.33. The van der Waals surface area contributed by atoms with E-state index >= 15 is 0 Å². The molecule has 0 amide bonds. The minimum absolute atomic E-state index is 0. The van der Waals surface area contributed by atoms with E-state index in [0.29, 0.717) is 11.5 Å². The number of methoxy groups -OCH3 is 1. The molecule has 2 rings (SSSR count). The van der Waals surface area contributed by atoms with E-state index in [2.05, 4.69) is 26.1 Å². The molecular weight excluding hydrogens is 310 g/mol. The Bertz CT molecular complexity index is 478. The fraction of sp³-hybridized carbons (Fsp3) is 0.684. The molecule has 1 aliphatic carbocycles. The van der Waals surface area contributed by atoms with E-state index < -0.39 is 6.10 Å². The average molecular weight is 342 g/mol. The number of ether oxygens (including phenoxy) is 1. The third kappa shape index (κ3) is 6.33. The van der Waals surface area contributed by atoms with Crippen molar-refractivity contribution in [2.24, 2.45) is 11.3 Å². The van der Waals surface area contributed by atoms with Crippen LogP contribution < -0.4 is 22.5 Å². The number of hydrogen-bond donors (Lipinski definition) is 2. The lowest BCUT2D eigenvalue weighted by Gasteiger charge is -2.37. The lowest BCUT2D eigenvalue weighted by molar-refractivity contribution is -0.695. The zero-order chi connectivity index (χ0) is 16.2. The van der Waals surface area contributed by atoms with Crippen molar-refractivity contribution in [2.45, 2.75) is 58.6 Å². The lowest BCUT2D eigenvalue weighted by Crippen LogP contribution is -3.00. The van der Waals surface area contributed by atoms with Gasteiger partial charge in [0.15, 0.2) is 0 Å². The van der Waals surface area contributed by atoms with E-state index in [9.17, 15) is 5.11 Å². The minimum atomic E-state index is -0.402. The number of halogens is 1. The van der Waals surface area contributed by atoms with Crippen LogP contribution in [0.2, 0.25) is 0 Å². The van der Waals surface area contributed by atoms with Gasteiger partial charge in [0.2, 0.25) is 0 Å². The SMILES string of the molecule is COc1cccc(C(O)CC[NH2+]C2CC(C)CC(C)(C)C2)c1.[Cl-]. The van der Waals surface area contributed by atoms with Crippen molar-refractivity contribution in [1.29, 1.82) is 0 Å². The highest BCUT2D eigenvalue weighted by atomic mass is 35.5. The Balaban J connectivity index is 0.00000264. The normalized spacial score (nSPS) is 24.6. The monoisotopic (exact) mass is 341 g/mol. The predicted molar refractivity (Wildman–Crippen MR) is 89.9 cm³/mol. The summed E-state index contributed by atoms with van der Waals surface area (Å²) in [5, 5.41) is 12.8. The maximum Gasteiger partial charge on any atom is 0.119 e. The van der Waals surface area contributed by atoms with Gasteiger partial charge in [0, 0.05) is 19.3 Å². The fourth-order valence-electron chi connectivity index (χ4n) is 4.10. The molecule has 0 saturated heterocycles. The number of aliphatic hydroxyl groups excluding tert-OH is 1. The van der Waals surface area contributed by atoms with Crippen molar-refractivity contribution >= 4 is 0 Å². The largest absolute Gasteiger partial charge is 1.00 e. The summed E-state index contributed by atoms with van der Waals surface area (Å²) in [6, 6.07) is 8.45. The van der Waals surface area contributed by atoms with Gasteiger partial charge in [-0.15, -0.1) is 0 Å². The molecule has 0 aromatic heterocycles. The van der Waals surface area contributed by atoms with Gasteiger partial charge in [0.05, 0.1) is 25.8 Å². The van der Waals surface area contributed by atoms with Crippen LogP contribution in [0.5, 0.6) is 5.75 Å². The standard InChI is InChI=1S/C19H31NO2.ClH/c1-14-10-16(13-19(2,3)12-14)20-9-8-18(21)15-6-5-7-17(11-15)22-4;/h5-7,11,14,16,18,20-21H,8-10,12-13H2,1-4H3;1H. The Morgan fingerprint density at radius 3 is 2.74 bits per heavy atom. The van der Waals surface area contributed by atoms with Crippen LogP contribution in [0.4, 0.5) is 0 Å². The van der Waals surface area contributed by atoms with Crippen molar-refractivity contribution in [1.82, 2.24) is 0 Å². The molecule has 1 fully saturated rings. The Hall–Kier alpha value is -0.770. The van der Waals surface area contributed by atoms with E-state index in [1.165, 1.54) is 19.3 Å². The molecule has 1 aliphatic rings. The van der Waals surface area contributed by atoms with Crippen LogP contribution in [0.25, 0.3) is 0 Å². The highest BCUT2D eigenvalue weighted by Crippen LogP contribution is 2.37. The second-order valence-corrected chi connectivity index (χ2v) is 7.78. The van der Waals surface area contributed by atoms with Crippen molar-refractivity contribution < 1.29 is 27.6 Å². The van der Waals surface area contributed by atoms with Crippen molar-refractivity contribution in [3.8, 4) is 5.75 Å². The zero-order valence-electron chi connectivity index (χ0n) is 14.9. The minimum Gasteiger partial charge on any atom is -1.00 e. The Morgan fingerprint density at radius 1 is 1.35 bits per heavy atom. The van der Waals surface area contributed by atoms with Gasteiger partial charge < -0.3 is 27.6 Å². The van der Waals surface area contributed by atoms with Crippen molar-refractivity contribution in [3.05, 3.63) is 29.8 Å². The van der Waals surface area contributed by atoms with Gasteiger partial charge >= 0.3 is 0 Å². The quantitative estimate of drug-likeness (QED) is 0.759. The zero-order valence-corrected chi connectivity index (χ0v) is 15.6. The lowest BCUT2D eigenvalue weighted by atomic mass is 9.70. The van der Waals surface area contributed by atoms with Crippen LogP contribution in [0.3, 0.4) is 0 Å². The van der Waals surface area contributed by atoms with Gasteiger partial charge in [-0.1, -0.05) is 32.9 Å². The number of aliphatic hydroxyl groups is 1. The number of quaternary nitrogens is 1. The highest BCUT2D eigenvalue weighted by molar-refractivity contribution is 5.29. The molecule has 0 bridgehead atoms. The van der Waals surface area contributed by atoms with Crippen LogP contribution in [-0.2, 0) is 0 Å². The van der Waals surface area contributed by atoms with Gasteiger partial charge in [0.1, 0.15) is 5.75 Å². The molecule has 3 N–H and O–H groups in total. The molecular formula is C19H32ClNO2. The first-order valence-electron chi connectivity index (χ1n) is 8.55. The second kappa shape index (κ2) is 8.91. The third-order valence-electron chi connectivity index (χ3n) is 4.84. The summed E-state index contributed by atoms with van der Waals surface area (Å²) >= 11 is 0. The first kappa shape index (κ1) is 20.3. The van der Waals surface area contributed by atoms with Gasteiger partial charge in [-0.05, 0) is 35.4 Å². The maximum absolute atomic E-state index is 10.3. The molecule has 0 radical (unpaired) electrons. The van der Waals surface area contributed by atoms with Crippen LogP contribution in [-0.4, -0.2) is 24.8 Å². The summed E-state index contributed by atoms with van der Waals surface area (Å²) in [6.45, 7) is 8.11. The molecule has 1 saturated carbocycles. The van der Waals surface area contributed by atoms with Crippen LogP contribution in [0, 0.1) is 11.3 Å². The summed E-state index contributed by atoms with van der Waals surface area (Å²) in [5.74, 6) is 1.62. The summed E-state index contributed by atoms with van der Waals surface area (Å²) in [6.07, 6.45) is 4.31. The molecule has 3 nitrogen and oxygen atoms in total. The Morgan fingerprint density at radius 2 is 2.09 bits per heavy atom. The van der Waals surface area contributed by atoms with Gasteiger partial charge in [0.25, 0.3) is 0 Å². The van der Waals surface area contributed by atoms with E-state index in [4.69, 9.17) is 4.74 Å². The molecule has 1 aromatic rings. The molecule has 4 heteroatoms. The van der Waals surface area contributed by atoms with E-state index in [-0.39, 0.29) is 12.4 Å². The van der Waals surface area contributed by atoms with Crippen LogP contribution in [0.1, 0.15) is 58.1 Å². The Labute approximate surface area is 147 Å².